The average Bonchev–Trinajstić information content (AvgIpc) is 2.84. The normalized spacial score (nSPS) is 17.4. The molecule has 0 saturated heterocycles. The van der Waals surface area contributed by atoms with Crippen LogP contribution in [0.15, 0.2) is 60.7 Å². The largest absolute Gasteiger partial charge is 0.508 e. The summed E-state index contributed by atoms with van der Waals surface area (Å²) in [5.41, 5.74) is 0.868. The fourth-order valence-electron chi connectivity index (χ4n) is 4.05. The Bertz CT molecular complexity index is 1200. The summed E-state index contributed by atoms with van der Waals surface area (Å²) in [5, 5.41) is 15.3. The molecule has 1 saturated carbocycles. The van der Waals surface area contributed by atoms with Crippen LogP contribution in [-0.4, -0.2) is 27.9 Å². The van der Waals surface area contributed by atoms with Gasteiger partial charge < -0.3 is 20.5 Å². The number of aromatic nitrogens is 1. The summed E-state index contributed by atoms with van der Waals surface area (Å²) < 4.78 is 32.4. The quantitative estimate of drug-likeness (QED) is 0.433. The van der Waals surface area contributed by atoms with Gasteiger partial charge in [-0.2, -0.15) is 9.37 Å². The van der Waals surface area contributed by atoms with Gasteiger partial charge in [0.05, 0.1) is 0 Å². The number of phenolic OH excluding ortho intramolecular Hbond substituents is 1. The summed E-state index contributed by atoms with van der Waals surface area (Å²) in [6.07, 6.45) is 2.44. The van der Waals surface area contributed by atoms with Crippen LogP contribution in [0.4, 0.5) is 8.78 Å². The second-order valence-electron chi connectivity index (χ2n) is 8.45. The number of ether oxygens (including phenoxy) is 1. The number of nitrogens with zero attached hydrogens (tertiary/aromatic N) is 1. The molecule has 0 atom stereocenters. The van der Waals surface area contributed by atoms with Gasteiger partial charge in [0.1, 0.15) is 22.9 Å². The van der Waals surface area contributed by atoms with Crippen molar-refractivity contribution in [2.24, 2.45) is 5.92 Å². The Kier molecular flexibility index (Phi) is 7.54. The maximum Gasteiger partial charge on any atom is 0.257 e. The van der Waals surface area contributed by atoms with Gasteiger partial charge in [-0.05, 0) is 79.8 Å². The summed E-state index contributed by atoms with van der Waals surface area (Å²) in [6, 6.07) is 14.0. The Hall–Kier alpha value is -4.01. The van der Waals surface area contributed by atoms with Crippen molar-refractivity contribution in [3.05, 3.63) is 83.6 Å². The van der Waals surface area contributed by atoms with Crippen LogP contribution in [0, 0.1) is 17.7 Å². The van der Waals surface area contributed by atoms with Crippen molar-refractivity contribution in [3.8, 4) is 17.4 Å². The maximum atomic E-state index is 13.7. The first-order chi connectivity index (χ1) is 16.9. The fraction of sp³-hybridized carbons (Fsp3) is 0.269. The lowest BCUT2D eigenvalue weighted by Gasteiger charge is -2.28. The molecule has 182 valence electrons. The first-order valence-corrected chi connectivity index (χ1v) is 11.3. The van der Waals surface area contributed by atoms with Crippen molar-refractivity contribution in [2.45, 2.75) is 38.3 Å². The van der Waals surface area contributed by atoms with Crippen LogP contribution >= 0.6 is 0 Å². The monoisotopic (exact) mass is 481 g/mol. The van der Waals surface area contributed by atoms with Crippen LogP contribution in [0.3, 0.4) is 0 Å². The van der Waals surface area contributed by atoms with Crippen LogP contribution < -0.4 is 15.4 Å². The molecule has 3 aromatic rings. The molecular formula is C26H25F2N3O4. The molecule has 35 heavy (non-hydrogen) atoms. The van der Waals surface area contributed by atoms with Crippen molar-refractivity contribution in [1.29, 1.82) is 0 Å². The summed E-state index contributed by atoms with van der Waals surface area (Å²) in [4.78, 5) is 29.1. The van der Waals surface area contributed by atoms with Gasteiger partial charge in [-0.25, -0.2) is 4.39 Å². The van der Waals surface area contributed by atoms with E-state index in [4.69, 9.17) is 4.74 Å². The zero-order valence-corrected chi connectivity index (χ0v) is 18.8. The number of hydrogen-bond donors (Lipinski definition) is 3. The molecule has 7 nitrogen and oxygen atoms in total. The molecule has 3 N–H and O–H groups in total. The number of amides is 2. The minimum absolute atomic E-state index is 0.0571. The lowest BCUT2D eigenvalue weighted by Crippen LogP contribution is -2.40. The Morgan fingerprint density at radius 2 is 1.74 bits per heavy atom. The lowest BCUT2D eigenvalue weighted by molar-refractivity contribution is -0.126. The molecule has 1 aliphatic carbocycles. The standard InChI is InChI=1S/C26H25F2N3O4/c27-18-6-10-21(11-7-18)35-26-22(12-13-23(28)31-26)25(34)30-19-8-4-17(5-9-19)24(33)29-15-16-2-1-3-20(32)14-16/h1-3,6-7,10-14,17,19,32H,4-5,8-9,15H2,(H,29,33)(H,30,34). The zero-order chi connectivity index (χ0) is 24.8. The van der Waals surface area contributed by atoms with E-state index in [9.17, 15) is 23.5 Å². The van der Waals surface area contributed by atoms with Crippen LogP contribution in [-0.2, 0) is 11.3 Å². The highest BCUT2D eigenvalue weighted by Gasteiger charge is 2.28. The zero-order valence-electron chi connectivity index (χ0n) is 18.8. The minimum Gasteiger partial charge on any atom is -0.508 e. The number of rotatable bonds is 7. The average molecular weight is 481 g/mol. The number of pyridine rings is 1. The highest BCUT2D eigenvalue weighted by Crippen LogP contribution is 2.27. The topological polar surface area (TPSA) is 101 Å². The van der Waals surface area contributed by atoms with Crippen molar-refractivity contribution in [3.63, 3.8) is 0 Å². The number of phenols is 1. The minimum atomic E-state index is -0.809. The molecule has 1 fully saturated rings. The summed E-state index contributed by atoms with van der Waals surface area (Å²) in [6.45, 7) is 0.332. The number of hydrogen-bond acceptors (Lipinski definition) is 5. The molecule has 4 rings (SSSR count). The number of nitrogens with one attached hydrogen (secondary N) is 2. The van der Waals surface area contributed by atoms with Gasteiger partial charge in [0, 0.05) is 18.5 Å². The van der Waals surface area contributed by atoms with Gasteiger partial charge in [0.25, 0.3) is 5.91 Å². The number of benzene rings is 2. The second kappa shape index (κ2) is 10.9. The van der Waals surface area contributed by atoms with Crippen molar-refractivity contribution in [2.75, 3.05) is 0 Å². The van der Waals surface area contributed by atoms with E-state index in [2.05, 4.69) is 15.6 Å². The molecular weight excluding hydrogens is 456 g/mol. The Morgan fingerprint density at radius 3 is 2.46 bits per heavy atom. The first-order valence-electron chi connectivity index (χ1n) is 11.3. The fourth-order valence-corrected chi connectivity index (χ4v) is 4.05. The first kappa shape index (κ1) is 24.1. The van der Waals surface area contributed by atoms with E-state index in [1.807, 2.05) is 6.07 Å². The maximum absolute atomic E-state index is 13.7. The van der Waals surface area contributed by atoms with Gasteiger partial charge >= 0.3 is 0 Å². The third-order valence-electron chi connectivity index (χ3n) is 5.91. The highest BCUT2D eigenvalue weighted by molar-refractivity contribution is 5.96. The predicted molar refractivity (Wildman–Crippen MR) is 124 cm³/mol. The van der Waals surface area contributed by atoms with E-state index in [1.165, 1.54) is 30.3 Å². The predicted octanol–water partition coefficient (Wildman–Crippen LogP) is 4.46. The highest BCUT2D eigenvalue weighted by atomic mass is 19.1. The molecule has 1 aromatic heterocycles. The van der Waals surface area contributed by atoms with E-state index >= 15 is 0 Å². The third-order valence-corrected chi connectivity index (χ3v) is 5.91. The van der Waals surface area contributed by atoms with E-state index < -0.39 is 17.7 Å². The molecule has 0 unspecified atom stereocenters. The summed E-state index contributed by atoms with van der Waals surface area (Å²) in [7, 11) is 0. The van der Waals surface area contributed by atoms with E-state index in [-0.39, 0.29) is 40.8 Å². The molecule has 1 heterocycles. The third kappa shape index (κ3) is 6.53. The Morgan fingerprint density at radius 1 is 1.00 bits per heavy atom. The van der Waals surface area contributed by atoms with Crippen LogP contribution in [0.2, 0.25) is 0 Å². The van der Waals surface area contributed by atoms with E-state index in [0.29, 0.717) is 32.2 Å². The van der Waals surface area contributed by atoms with Crippen molar-refractivity contribution >= 4 is 11.8 Å². The molecule has 0 radical (unpaired) electrons. The smallest absolute Gasteiger partial charge is 0.257 e. The van der Waals surface area contributed by atoms with Crippen molar-refractivity contribution < 1.29 is 28.2 Å². The van der Waals surface area contributed by atoms with Gasteiger partial charge in [-0.1, -0.05) is 12.1 Å². The van der Waals surface area contributed by atoms with Gasteiger partial charge in [0.15, 0.2) is 0 Å². The number of aromatic hydroxyl groups is 1. The molecule has 1 aliphatic rings. The second-order valence-corrected chi connectivity index (χ2v) is 8.45. The Balaban J connectivity index is 1.31. The van der Waals surface area contributed by atoms with E-state index in [0.717, 1.165) is 11.6 Å². The lowest BCUT2D eigenvalue weighted by atomic mass is 9.85. The number of carbonyl (C=O) groups is 2. The van der Waals surface area contributed by atoms with Crippen molar-refractivity contribution in [1.82, 2.24) is 15.6 Å². The van der Waals surface area contributed by atoms with Gasteiger partial charge in [-0.3, -0.25) is 9.59 Å². The van der Waals surface area contributed by atoms with Crippen LogP contribution in [0.5, 0.6) is 17.4 Å². The number of halogens is 2. The van der Waals surface area contributed by atoms with Crippen LogP contribution in [0.1, 0.15) is 41.6 Å². The summed E-state index contributed by atoms with van der Waals surface area (Å²) >= 11 is 0. The molecule has 0 aliphatic heterocycles. The molecule has 2 amide bonds. The number of carbonyl (C=O) groups excluding carboxylic acids is 2. The molecule has 0 spiro atoms. The molecule has 2 aromatic carbocycles. The van der Waals surface area contributed by atoms with Gasteiger partial charge in [0.2, 0.25) is 17.7 Å². The SMILES string of the molecule is O=C(NC1CCC(C(=O)NCc2cccc(O)c2)CC1)c1ccc(F)nc1Oc1ccc(F)cc1. The van der Waals surface area contributed by atoms with Gasteiger partial charge in [-0.15, -0.1) is 0 Å². The molecule has 9 heteroatoms. The van der Waals surface area contributed by atoms with E-state index in [1.54, 1.807) is 18.2 Å². The Labute approximate surface area is 201 Å². The molecule has 0 bridgehead atoms. The summed E-state index contributed by atoms with van der Waals surface area (Å²) in [5.74, 6) is -1.80. The van der Waals surface area contributed by atoms with Crippen LogP contribution in [0.25, 0.3) is 0 Å².